The van der Waals surface area contributed by atoms with E-state index in [-0.39, 0.29) is 35.9 Å². The van der Waals surface area contributed by atoms with Crippen LogP contribution in [0.2, 0.25) is 0 Å². The summed E-state index contributed by atoms with van der Waals surface area (Å²) in [6.07, 6.45) is 3.09. The summed E-state index contributed by atoms with van der Waals surface area (Å²) in [5.74, 6) is -0.874. The van der Waals surface area contributed by atoms with Gasteiger partial charge in [-0.05, 0) is 37.0 Å². The molecular weight excluding hydrogens is 268 g/mol. The van der Waals surface area contributed by atoms with Gasteiger partial charge in [-0.2, -0.15) is 0 Å². The molecule has 122 valence electrons. The highest BCUT2D eigenvalue weighted by molar-refractivity contribution is 5.75. The van der Waals surface area contributed by atoms with Crippen molar-refractivity contribution in [2.75, 3.05) is 13.1 Å². The van der Waals surface area contributed by atoms with E-state index in [1.54, 1.807) is 4.90 Å². The number of amides is 2. The maximum atomic E-state index is 12.3. The molecule has 0 aromatic rings. The summed E-state index contributed by atoms with van der Waals surface area (Å²) in [5.41, 5.74) is 0.440. The van der Waals surface area contributed by atoms with Gasteiger partial charge in [-0.15, -0.1) is 0 Å². The average molecular weight is 298 g/mol. The van der Waals surface area contributed by atoms with Gasteiger partial charge >= 0.3 is 12.0 Å². The summed E-state index contributed by atoms with van der Waals surface area (Å²) in [6.45, 7) is 11.6. The molecule has 1 aliphatic carbocycles. The molecule has 1 aliphatic rings. The van der Waals surface area contributed by atoms with E-state index in [1.807, 2.05) is 6.92 Å². The minimum absolute atomic E-state index is 0.0110. The van der Waals surface area contributed by atoms with Crippen molar-refractivity contribution < 1.29 is 14.7 Å². The van der Waals surface area contributed by atoms with E-state index in [0.29, 0.717) is 6.54 Å². The van der Waals surface area contributed by atoms with Gasteiger partial charge in [-0.25, -0.2) is 4.79 Å². The fourth-order valence-electron chi connectivity index (χ4n) is 3.85. The van der Waals surface area contributed by atoms with Crippen LogP contribution in [0, 0.1) is 10.8 Å². The van der Waals surface area contributed by atoms with E-state index in [4.69, 9.17) is 5.11 Å². The summed E-state index contributed by atoms with van der Waals surface area (Å²) in [7, 11) is 0. The van der Waals surface area contributed by atoms with Gasteiger partial charge in [0, 0.05) is 19.1 Å². The quantitative estimate of drug-likeness (QED) is 0.819. The molecule has 0 aromatic carbocycles. The van der Waals surface area contributed by atoms with Gasteiger partial charge in [-0.3, -0.25) is 4.79 Å². The van der Waals surface area contributed by atoms with Crippen LogP contribution in [-0.4, -0.2) is 41.1 Å². The van der Waals surface area contributed by atoms with Crippen LogP contribution in [0.4, 0.5) is 4.79 Å². The zero-order valence-corrected chi connectivity index (χ0v) is 14.0. The van der Waals surface area contributed by atoms with Crippen LogP contribution < -0.4 is 5.32 Å². The molecule has 0 aromatic heterocycles. The molecule has 0 aliphatic heterocycles. The smallest absolute Gasteiger partial charge is 0.317 e. The Kier molecular flexibility index (Phi) is 5.65. The molecule has 1 fully saturated rings. The highest BCUT2D eigenvalue weighted by atomic mass is 16.4. The predicted octanol–water partition coefficient (Wildman–Crippen LogP) is 3.10. The molecule has 0 radical (unpaired) electrons. The van der Waals surface area contributed by atoms with Crippen LogP contribution in [-0.2, 0) is 4.79 Å². The number of hydrogen-bond donors (Lipinski definition) is 2. The van der Waals surface area contributed by atoms with Crippen molar-refractivity contribution in [1.82, 2.24) is 10.2 Å². The maximum Gasteiger partial charge on any atom is 0.317 e. The number of rotatable bonds is 5. The largest absolute Gasteiger partial charge is 0.481 e. The van der Waals surface area contributed by atoms with Crippen LogP contribution in [0.1, 0.15) is 60.3 Å². The highest BCUT2D eigenvalue weighted by Gasteiger charge is 2.39. The number of carbonyl (C=O) groups excluding carboxylic acids is 1. The first-order chi connectivity index (χ1) is 9.54. The van der Waals surface area contributed by atoms with E-state index in [2.05, 4.69) is 33.0 Å². The van der Waals surface area contributed by atoms with Gasteiger partial charge in [0.25, 0.3) is 0 Å². The lowest BCUT2D eigenvalue weighted by Crippen LogP contribution is -2.50. The van der Waals surface area contributed by atoms with Crippen molar-refractivity contribution in [2.45, 2.75) is 66.3 Å². The third-order valence-electron chi connectivity index (χ3n) is 4.15. The molecule has 5 heteroatoms. The van der Waals surface area contributed by atoms with Crippen molar-refractivity contribution in [2.24, 2.45) is 10.8 Å². The molecule has 0 spiro atoms. The number of nitrogens with one attached hydrogen (secondary N) is 1. The first kappa shape index (κ1) is 17.8. The minimum Gasteiger partial charge on any atom is -0.481 e. The monoisotopic (exact) mass is 298 g/mol. The maximum absolute atomic E-state index is 12.3. The number of carboxylic acids is 1. The van der Waals surface area contributed by atoms with E-state index in [1.165, 1.54) is 0 Å². The second-order valence-corrected chi connectivity index (χ2v) is 7.78. The summed E-state index contributed by atoms with van der Waals surface area (Å²) < 4.78 is 0. The van der Waals surface area contributed by atoms with E-state index < -0.39 is 5.97 Å². The SMILES string of the molecule is CCN(CCC(=O)O)C(=O)NC1CC(C)(C)CC(C)(C)C1. The standard InChI is InChI=1S/C16H30N2O3/c1-6-18(8-7-13(19)20)14(21)17-12-9-15(2,3)11-16(4,5)10-12/h12H,6-11H2,1-5H3,(H,17,21)(H,19,20). The second kappa shape index (κ2) is 6.67. The van der Waals surface area contributed by atoms with Crippen molar-refractivity contribution in [1.29, 1.82) is 0 Å². The van der Waals surface area contributed by atoms with Crippen LogP contribution in [0.5, 0.6) is 0 Å². The lowest BCUT2D eigenvalue weighted by Gasteiger charge is -2.45. The summed E-state index contributed by atoms with van der Waals surface area (Å²) >= 11 is 0. The fourth-order valence-corrected chi connectivity index (χ4v) is 3.85. The Labute approximate surface area is 128 Å². The Morgan fingerprint density at radius 1 is 1.19 bits per heavy atom. The summed E-state index contributed by atoms with van der Waals surface area (Å²) in [4.78, 5) is 24.5. The number of hydrogen-bond acceptors (Lipinski definition) is 2. The second-order valence-electron chi connectivity index (χ2n) is 7.78. The topological polar surface area (TPSA) is 69.6 Å². The zero-order chi connectivity index (χ0) is 16.3. The van der Waals surface area contributed by atoms with Gasteiger partial charge in [0.1, 0.15) is 0 Å². The Balaban J connectivity index is 2.61. The van der Waals surface area contributed by atoms with Gasteiger partial charge in [0.15, 0.2) is 0 Å². The Morgan fingerprint density at radius 3 is 2.14 bits per heavy atom. The highest BCUT2D eigenvalue weighted by Crippen LogP contribution is 2.45. The summed E-state index contributed by atoms with van der Waals surface area (Å²) in [6, 6.07) is 0.0207. The predicted molar refractivity (Wildman–Crippen MR) is 83.2 cm³/mol. The minimum atomic E-state index is -0.874. The number of carboxylic acid groups (broad SMARTS) is 1. The first-order valence-corrected chi connectivity index (χ1v) is 7.82. The normalized spacial score (nSPS) is 20.8. The fraction of sp³-hybridized carbons (Fsp3) is 0.875. The third-order valence-corrected chi connectivity index (χ3v) is 4.15. The summed E-state index contributed by atoms with van der Waals surface area (Å²) in [5, 5.41) is 11.8. The molecule has 0 saturated heterocycles. The number of nitrogens with zero attached hydrogens (tertiary/aromatic N) is 1. The molecule has 0 bridgehead atoms. The Bertz CT molecular complexity index is 375. The number of carbonyl (C=O) groups is 2. The van der Waals surface area contributed by atoms with Crippen LogP contribution in [0.3, 0.4) is 0 Å². The lowest BCUT2D eigenvalue weighted by molar-refractivity contribution is -0.137. The van der Waals surface area contributed by atoms with Crippen molar-refractivity contribution >= 4 is 12.0 Å². The molecule has 0 unspecified atom stereocenters. The first-order valence-electron chi connectivity index (χ1n) is 7.82. The van der Waals surface area contributed by atoms with Gasteiger partial charge in [0.05, 0.1) is 6.42 Å². The molecule has 0 heterocycles. The zero-order valence-electron chi connectivity index (χ0n) is 14.0. The Hall–Kier alpha value is -1.26. The van der Waals surface area contributed by atoms with Gasteiger partial charge in [0.2, 0.25) is 0 Å². The van der Waals surface area contributed by atoms with Crippen LogP contribution in [0.15, 0.2) is 0 Å². The van der Waals surface area contributed by atoms with Gasteiger partial charge in [-0.1, -0.05) is 27.7 Å². The van der Waals surface area contributed by atoms with E-state index in [9.17, 15) is 9.59 Å². The van der Waals surface area contributed by atoms with E-state index >= 15 is 0 Å². The molecule has 1 rings (SSSR count). The number of urea groups is 1. The van der Waals surface area contributed by atoms with Crippen molar-refractivity contribution in [3.05, 3.63) is 0 Å². The van der Waals surface area contributed by atoms with Crippen LogP contribution in [0.25, 0.3) is 0 Å². The molecule has 2 N–H and O–H groups in total. The van der Waals surface area contributed by atoms with Crippen LogP contribution >= 0.6 is 0 Å². The Morgan fingerprint density at radius 2 is 1.71 bits per heavy atom. The van der Waals surface area contributed by atoms with Crippen molar-refractivity contribution in [3.63, 3.8) is 0 Å². The lowest BCUT2D eigenvalue weighted by atomic mass is 9.63. The molecule has 21 heavy (non-hydrogen) atoms. The average Bonchev–Trinajstić information content (AvgIpc) is 2.24. The molecule has 5 nitrogen and oxygen atoms in total. The third kappa shape index (κ3) is 5.94. The molecule has 1 saturated carbocycles. The molecule has 0 atom stereocenters. The van der Waals surface area contributed by atoms with Crippen molar-refractivity contribution in [3.8, 4) is 0 Å². The van der Waals surface area contributed by atoms with Gasteiger partial charge < -0.3 is 15.3 Å². The molecule has 2 amide bonds. The molecular formula is C16H30N2O3. The number of aliphatic carboxylic acids is 1. The van der Waals surface area contributed by atoms with E-state index in [0.717, 1.165) is 19.3 Å².